The van der Waals surface area contributed by atoms with E-state index in [4.69, 9.17) is 10.5 Å². The minimum atomic E-state index is -4.04. The Hall–Kier alpha value is -3.89. The first-order chi connectivity index (χ1) is 23.2. The summed E-state index contributed by atoms with van der Waals surface area (Å²) in [6, 6.07) is 12.5. The Morgan fingerprint density at radius 1 is 1.08 bits per heavy atom. The Kier molecular flexibility index (Phi) is 12.9. The number of nitrogens with two attached hydrogens (primary N) is 1. The van der Waals surface area contributed by atoms with Gasteiger partial charge in [-0.05, 0) is 48.1 Å². The van der Waals surface area contributed by atoms with Crippen LogP contribution in [0.3, 0.4) is 0 Å². The average Bonchev–Trinajstić information content (AvgIpc) is 3.60. The van der Waals surface area contributed by atoms with Crippen molar-refractivity contribution < 1.29 is 32.6 Å². The molecule has 15 heteroatoms. The highest BCUT2D eigenvalue weighted by molar-refractivity contribution is 7.89. The smallest absolute Gasteiger partial charge is 0.328 e. The van der Waals surface area contributed by atoms with Crippen LogP contribution in [0.15, 0.2) is 64.9 Å². The zero-order valence-corrected chi connectivity index (χ0v) is 30.1. The Labute approximate surface area is 292 Å². The predicted molar refractivity (Wildman–Crippen MR) is 187 cm³/mol. The molecule has 1 fully saturated rings. The van der Waals surface area contributed by atoms with Crippen LogP contribution in [-0.2, 0) is 43.9 Å². The zero-order valence-electron chi connectivity index (χ0n) is 28.5. The molecule has 1 aliphatic heterocycles. The Balaban J connectivity index is 1.57. The number of sulfonamides is 1. The molecule has 1 aliphatic rings. The molecule has 49 heavy (non-hydrogen) atoms. The molecule has 266 valence electrons. The van der Waals surface area contributed by atoms with Gasteiger partial charge in [-0.2, -0.15) is 4.31 Å². The van der Waals surface area contributed by atoms with E-state index < -0.39 is 52.0 Å². The van der Waals surface area contributed by atoms with Crippen LogP contribution in [0.1, 0.15) is 44.0 Å². The fraction of sp³-hybridized carbons (Fsp3) is 0.471. The van der Waals surface area contributed by atoms with E-state index in [1.807, 2.05) is 44.2 Å². The maximum absolute atomic E-state index is 14.1. The first-order valence-corrected chi connectivity index (χ1v) is 18.4. The first kappa shape index (κ1) is 37.9. The van der Waals surface area contributed by atoms with Gasteiger partial charge in [0.1, 0.15) is 17.6 Å². The molecule has 3 aromatic rings. The third-order valence-corrected chi connectivity index (χ3v) is 10.8. The van der Waals surface area contributed by atoms with Crippen LogP contribution < -0.4 is 11.1 Å². The third-order valence-electron chi connectivity index (χ3n) is 8.07. The van der Waals surface area contributed by atoms with Gasteiger partial charge in [-0.3, -0.25) is 14.5 Å². The van der Waals surface area contributed by atoms with Crippen molar-refractivity contribution in [3.63, 3.8) is 0 Å². The van der Waals surface area contributed by atoms with E-state index in [1.165, 1.54) is 44.8 Å². The molecule has 0 radical (unpaired) electrons. The molecule has 2 heterocycles. The van der Waals surface area contributed by atoms with E-state index in [0.717, 1.165) is 10.5 Å². The van der Waals surface area contributed by atoms with Gasteiger partial charge in [-0.15, -0.1) is 11.3 Å². The minimum Gasteiger partial charge on any atom is -0.399 e. The van der Waals surface area contributed by atoms with E-state index in [0.29, 0.717) is 23.0 Å². The number of anilines is 1. The van der Waals surface area contributed by atoms with Crippen molar-refractivity contribution in [1.82, 2.24) is 24.4 Å². The summed E-state index contributed by atoms with van der Waals surface area (Å²) in [5.41, 5.74) is 7.55. The van der Waals surface area contributed by atoms with Gasteiger partial charge in [-0.25, -0.2) is 18.2 Å². The van der Waals surface area contributed by atoms with Gasteiger partial charge in [0.05, 0.1) is 35.9 Å². The first-order valence-electron chi connectivity index (χ1n) is 16.1. The van der Waals surface area contributed by atoms with Crippen molar-refractivity contribution in [3.05, 3.63) is 76.2 Å². The maximum Gasteiger partial charge on any atom is 0.328 e. The lowest BCUT2D eigenvalue weighted by molar-refractivity contribution is -0.129. The number of thiazole rings is 1. The van der Waals surface area contributed by atoms with Crippen LogP contribution in [0, 0.1) is 11.8 Å². The summed E-state index contributed by atoms with van der Waals surface area (Å²) >= 11 is 1.36. The molecule has 0 unspecified atom stereocenters. The number of hydrogen-bond acceptors (Lipinski definition) is 10. The number of urea groups is 1. The molecule has 0 saturated carbocycles. The molecule has 0 bridgehead atoms. The lowest BCUT2D eigenvalue weighted by Gasteiger charge is -2.34. The molecule has 1 aromatic heterocycles. The highest BCUT2D eigenvalue weighted by Gasteiger charge is 2.44. The van der Waals surface area contributed by atoms with Crippen LogP contribution in [0.25, 0.3) is 0 Å². The van der Waals surface area contributed by atoms with Crippen LogP contribution in [0.4, 0.5) is 10.5 Å². The number of imide groups is 1. The van der Waals surface area contributed by atoms with Crippen molar-refractivity contribution >= 4 is 44.9 Å². The molecule has 4 amide bonds. The van der Waals surface area contributed by atoms with Crippen LogP contribution in [0.5, 0.6) is 0 Å². The van der Waals surface area contributed by atoms with Gasteiger partial charge in [0.25, 0.3) is 5.91 Å². The molecule has 0 aliphatic carbocycles. The van der Waals surface area contributed by atoms with Gasteiger partial charge in [0.15, 0.2) is 0 Å². The van der Waals surface area contributed by atoms with Crippen molar-refractivity contribution in [2.45, 2.75) is 70.4 Å². The van der Waals surface area contributed by atoms with Crippen LogP contribution in [-0.4, -0.2) is 95.4 Å². The van der Waals surface area contributed by atoms with Crippen LogP contribution in [0.2, 0.25) is 0 Å². The number of aliphatic hydroxyl groups is 1. The molecule has 1 saturated heterocycles. The van der Waals surface area contributed by atoms with Crippen molar-refractivity contribution in [2.75, 3.05) is 32.5 Å². The summed E-state index contributed by atoms with van der Waals surface area (Å²) in [5.74, 6) is -1.49. The second kappa shape index (κ2) is 16.7. The predicted octanol–water partition coefficient (Wildman–Crippen LogP) is 3.10. The second-order valence-corrected chi connectivity index (χ2v) is 15.8. The molecule has 4 N–H and O–H groups in total. The quantitative estimate of drug-likeness (QED) is 0.140. The molecule has 0 spiro atoms. The largest absolute Gasteiger partial charge is 0.399 e. The number of nitrogens with zero attached hydrogens (tertiary/aromatic N) is 4. The monoisotopic (exact) mass is 714 g/mol. The number of nitrogens with one attached hydrogen (secondary N) is 1. The number of nitrogen functional groups attached to an aromatic ring is 1. The topological polar surface area (TPSA) is 175 Å². The zero-order chi connectivity index (χ0) is 35.9. The lowest BCUT2D eigenvalue weighted by Crippen LogP contribution is -2.57. The van der Waals surface area contributed by atoms with Crippen molar-refractivity contribution in [3.8, 4) is 0 Å². The number of carbonyl (C=O) groups excluding carboxylic acids is 3. The fourth-order valence-electron chi connectivity index (χ4n) is 5.73. The number of methoxy groups -OCH3 is 1. The van der Waals surface area contributed by atoms with E-state index in [9.17, 15) is 27.9 Å². The number of hydrogen-bond donors (Lipinski definition) is 3. The molecule has 2 aromatic carbocycles. The summed E-state index contributed by atoms with van der Waals surface area (Å²) in [7, 11) is -2.48. The van der Waals surface area contributed by atoms with Gasteiger partial charge in [-0.1, -0.05) is 58.0 Å². The highest BCUT2D eigenvalue weighted by atomic mass is 32.2. The van der Waals surface area contributed by atoms with Gasteiger partial charge in [0.2, 0.25) is 15.9 Å². The molecular formula is C34H46N6O7S2. The molecular weight excluding hydrogens is 669 g/mol. The third kappa shape index (κ3) is 9.63. The minimum absolute atomic E-state index is 0.0346. The number of benzene rings is 2. The highest BCUT2D eigenvalue weighted by Crippen LogP contribution is 2.24. The number of amides is 4. The second-order valence-electron chi connectivity index (χ2n) is 12.9. The molecule has 4 rings (SSSR count). The van der Waals surface area contributed by atoms with E-state index >= 15 is 0 Å². The Morgan fingerprint density at radius 2 is 1.76 bits per heavy atom. The Morgan fingerprint density at radius 3 is 2.37 bits per heavy atom. The number of ether oxygens (including phenoxy) is 1. The standard InChI is InChI=1S/C34H46N6O7S2/c1-22(2)16-38(49(45,46)27-13-11-25(35)12-14-27)18-29(41)28(15-24-9-7-6-8-10-24)37-33(43)32(23(3)4)40-19-31(42)39(34(40)44)17-26-21-48-30(36-26)20-47-5/h6-14,21-23,28-29,32,41H,15-20,35H2,1-5H3,(H,37,43)/t28-,29+,32-/m0/s1. The van der Waals surface area contributed by atoms with E-state index in [2.05, 4.69) is 10.3 Å². The van der Waals surface area contributed by atoms with Crippen LogP contribution >= 0.6 is 11.3 Å². The van der Waals surface area contributed by atoms with Crippen molar-refractivity contribution in [2.24, 2.45) is 11.8 Å². The van der Waals surface area contributed by atoms with Gasteiger partial charge in [0, 0.05) is 31.3 Å². The van der Waals surface area contributed by atoms with Gasteiger partial charge >= 0.3 is 6.03 Å². The average molecular weight is 715 g/mol. The number of aliphatic hydroxyl groups excluding tert-OH is 1. The summed E-state index contributed by atoms with van der Waals surface area (Å²) in [6.07, 6.45) is -1.15. The number of aromatic nitrogens is 1. The SMILES string of the molecule is COCc1nc(CN2C(=O)CN([C@H](C(=O)N[C@@H](Cc3ccccc3)[C@H](O)CN(CC(C)C)S(=O)(=O)c3ccc(N)cc3)C(C)C)C2=O)cs1. The normalized spacial score (nSPS) is 15.8. The summed E-state index contributed by atoms with van der Waals surface area (Å²) in [6.45, 7) is 7.09. The summed E-state index contributed by atoms with van der Waals surface area (Å²) in [4.78, 5) is 47.5. The summed E-state index contributed by atoms with van der Waals surface area (Å²) < 4.78 is 33.8. The summed E-state index contributed by atoms with van der Waals surface area (Å²) in [5, 5.41) is 17.1. The number of carbonyl (C=O) groups is 3. The Bertz CT molecular complexity index is 1680. The number of rotatable bonds is 17. The fourth-order valence-corrected chi connectivity index (χ4v) is 8.11. The maximum atomic E-state index is 14.1. The van der Waals surface area contributed by atoms with E-state index in [-0.39, 0.29) is 43.4 Å². The molecule has 3 atom stereocenters. The van der Waals surface area contributed by atoms with E-state index in [1.54, 1.807) is 26.3 Å². The lowest BCUT2D eigenvalue weighted by atomic mass is 9.97. The molecule has 13 nitrogen and oxygen atoms in total. The van der Waals surface area contributed by atoms with Gasteiger partial charge < -0.3 is 25.8 Å². The van der Waals surface area contributed by atoms with Crippen molar-refractivity contribution in [1.29, 1.82) is 0 Å².